The third-order valence-electron chi connectivity index (χ3n) is 5.87. The molecule has 3 heterocycles. The summed E-state index contributed by atoms with van der Waals surface area (Å²) in [5.74, 6) is 1.29. The number of fused-ring (bicyclic) bond motifs is 1. The fraction of sp³-hybridized carbons (Fsp3) is 0.391. The van der Waals surface area contributed by atoms with E-state index in [2.05, 4.69) is 33.2 Å². The second-order valence-electron chi connectivity index (χ2n) is 8.11. The summed E-state index contributed by atoms with van der Waals surface area (Å²) in [6.07, 6.45) is 1.91. The van der Waals surface area contributed by atoms with Crippen molar-refractivity contribution >= 4 is 58.7 Å². The minimum absolute atomic E-state index is 0.104. The zero-order chi connectivity index (χ0) is 26.0. The highest BCUT2D eigenvalue weighted by atomic mass is 35.5. The minimum atomic E-state index is -0.368. The van der Waals surface area contributed by atoms with Gasteiger partial charge in [0.05, 0.1) is 55.1 Å². The number of rotatable bonds is 8. The molecular weight excluding hydrogens is 529 g/mol. The largest absolute Gasteiger partial charge is 0.495 e. The van der Waals surface area contributed by atoms with E-state index in [4.69, 9.17) is 37.4 Å². The number of anilines is 1. The number of thiol groups is 1. The standard InChI is InChI=1S/C23H25Cl2N5O5S/c1-30-21-11(6-12(22(30)32)18-19(24)15(33-2)7-16(34-3)20(18)25)8-26-23(29-21)28-14-10-35-9-13(14)27-17(31)4-5-36/h6-8,13-14,36H,4-5,9-10H2,1-3H3,(H,27,31)(H,26,28,29)/t13-,14+/m0/s1. The maximum atomic E-state index is 13.4. The molecule has 13 heteroatoms. The molecule has 1 aromatic carbocycles. The van der Waals surface area contributed by atoms with E-state index in [0.29, 0.717) is 59.4 Å². The monoisotopic (exact) mass is 553 g/mol. The number of nitrogens with zero attached hydrogens (tertiary/aromatic N) is 3. The van der Waals surface area contributed by atoms with E-state index in [1.807, 2.05) is 0 Å². The van der Waals surface area contributed by atoms with Crippen LogP contribution in [-0.4, -0.2) is 65.7 Å². The van der Waals surface area contributed by atoms with Crippen molar-refractivity contribution in [1.29, 1.82) is 0 Å². The number of aromatic nitrogens is 3. The number of nitrogens with one attached hydrogen (secondary N) is 2. The van der Waals surface area contributed by atoms with Gasteiger partial charge in [0.15, 0.2) is 0 Å². The van der Waals surface area contributed by atoms with Crippen molar-refractivity contribution < 1.29 is 19.0 Å². The van der Waals surface area contributed by atoms with Crippen molar-refractivity contribution in [3.05, 3.63) is 38.7 Å². The Morgan fingerprint density at radius 3 is 2.50 bits per heavy atom. The van der Waals surface area contributed by atoms with Gasteiger partial charge < -0.3 is 24.8 Å². The lowest BCUT2D eigenvalue weighted by atomic mass is 10.0. The van der Waals surface area contributed by atoms with Crippen molar-refractivity contribution in [3.63, 3.8) is 0 Å². The van der Waals surface area contributed by atoms with Crippen molar-refractivity contribution in [2.24, 2.45) is 7.05 Å². The molecule has 10 nitrogen and oxygen atoms in total. The van der Waals surface area contributed by atoms with Gasteiger partial charge in [-0.05, 0) is 11.8 Å². The molecule has 36 heavy (non-hydrogen) atoms. The lowest BCUT2D eigenvalue weighted by Crippen LogP contribution is -2.46. The van der Waals surface area contributed by atoms with Crippen LogP contribution in [0.15, 0.2) is 23.1 Å². The van der Waals surface area contributed by atoms with Gasteiger partial charge in [-0.15, -0.1) is 0 Å². The Bertz CT molecular complexity index is 1340. The summed E-state index contributed by atoms with van der Waals surface area (Å²) < 4.78 is 17.6. The number of ether oxygens (including phenoxy) is 3. The topological polar surface area (TPSA) is 117 Å². The van der Waals surface area contributed by atoms with E-state index >= 15 is 0 Å². The highest BCUT2D eigenvalue weighted by Crippen LogP contribution is 2.45. The molecule has 0 saturated carbocycles. The molecule has 0 radical (unpaired) electrons. The van der Waals surface area contributed by atoms with E-state index < -0.39 is 0 Å². The van der Waals surface area contributed by atoms with Crippen LogP contribution in [0.1, 0.15) is 6.42 Å². The Hall–Kier alpha value is -2.73. The zero-order valence-corrected chi connectivity index (χ0v) is 22.2. The van der Waals surface area contributed by atoms with E-state index in [1.54, 1.807) is 25.4 Å². The molecule has 4 rings (SSSR count). The summed E-state index contributed by atoms with van der Waals surface area (Å²) in [5.41, 5.74) is 0.574. The number of pyridine rings is 1. The first kappa shape index (κ1) is 26.3. The Morgan fingerprint density at radius 2 is 1.86 bits per heavy atom. The van der Waals surface area contributed by atoms with Gasteiger partial charge in [0, 0.05) is 36.7 Å². The molecular formula is C23H25Cl2N5O5S. The summed E-state index contributed by atoms with van der Waals surface area (Å²) >= 11 is 17.2. The maximum absolute atomic E-state index is 13.4. The van der Waals surface area contributed by atoms with Gasteiger partial charge in [0.2, 0.25) is 11.9 Å². The Kier molecular flexibility index (Phi) is 8.13. The molecule has 0 aliphatic carbocycles. The van der Waals surface area contributed by atoms with Gasteiger partial charge in [0.25, 0.3) is 5.56 Å². The molecule has 0 bridgehead atoms. The molecule has 1 saturated heterocycles. The first-order chi connectivity index (χ1) is 17.3. The molecule has 1 aliphatic rings. The summed E-state index contributed by atoms with van der Waals surface area (Å²) in [4.78, 5) is 34.3. The van der Waals surface area contributed by atoms with Crippen molar-refractivity contribution in [2.45, 2.75) is 18.5 Å². The Labute approximate surface area is 222 Å². The van der Waals surface area contributed by atoms with E-state index in [0.717, 1.165) is 0 Å². The number of aryl methyl sites for hydroxylation is 1. The van der Waals surface area contributed by atoms with E-state index in [1.165, 1.54) is 18.8 Å². The lowest BCUT2D eigenvalue weighted by molar-refractivity contribution is -0.121. The van der Waals surface area contributed by atoms with Crippen LogP contribution in [0.25, 0.3) is 22.2 Å². The molecule has 1 amide bonds. The molecule has 1 aliphatic heterocycles. The molecule has 3 aromatic rings. The van der Waals surface area contributed by atoms with E-state index in [9.17, 15) is 9.59 Å². The minimum Gasteiger partial charge on any atom is -0.495 e. The van der Waals surface area contributed by atoms with E-state index in [-0.39, 0.29) is 39.2 Å². The van der Waals surface area contributed by atoms with Gasteiger partial charge in [-0.1, -0.05) is 23.2 Å². The number of amides is 1. The fourth-order valence-corrected chi connectivity index (χ4v) is 4.91. The average Bonchev–Trinajstić information content (AvgIpc) is 3.29. The highest BCUT2D eigenvalue weighted by Gasteiger charge is 2.30. The van der Waals surface area contributed by atoms with Crippen LogP contribution in [0.2, 0.25) is 10.0 Å². The zero-order valence-electron chi connectivity index (χ0n) is 19.8. The van der Waals surface area contributed by atoms with Gasteiger partial charge in [-0.2, -0.15) is 17.6 Å². The first-order valence-corrected chi connectivity index (χ1v) is 12.4. The number of benzene rings is 1. The average molecular weight is 554 g/mol. The van der Waals surface area contributed by atoms with Crippen LogP contribution < -0.4 is 25.7 Å². The molecule has 1 fully saturated rings. The number of halogens is 2. The van der Waals surface area contributed by atoms with Crippen LogP contribution >= 0.6 is 35.8 Å². The van der Waals surface area contributed by atoms with Crippen LogP contribution in [0.3, 0.4) is 0 Å². The summed E-state index contributed by atoms with van der Waals surface area (Å²) in [6, 6.07) is 2.72. The van der Waals surface area contributed by atoms with Crippen molar-refractivity contribution in [3.8, 4) is 22.6 Å². The SMILES string of the molecule is COc1cc(OC)c(Cl)c(-c2cc3cnc(N[C@@H]4COC[C@@H]4NC(=O)CCS)nc3n(C)c2=O)c1Cl. The molecule has 2 atom stereocenters. The van der Waals surface area contributed by atoms with Gasteiger partial charge in [-0.25, -0.2) is 4.98 Å². The lowest BCUT2D eigenvalue weighted by Gasteiger charge is -2.20. The van der Waals surface area contributed by atoms with Crippen molar-refractivity contribution in [2.75, 3.05) is 38.5 Å². The molecule has 2 N–H and O–H groups in total. The quantitative estimate of drug-likeness (QED) is 0.364. The Balaban J connectivity index is 1.71. The first-order valence-electron chi connectivity index (χ1n) is 11.0. The molecule has 0 spiro atoms. The second kappa shape index (κ2) is 11.1. The predicted octanol–water partition coefficient (Wildman–Crippen LogP) is 2.93. The maximum Gasteiger partial charge on any atom is 0.259 e. The summed E-state index contributed by atoms with van der Waals surface area (Å²) in [7, 11) is 4.53. The normalized spacial score (nSPS) is 17.3. The number of carbonyl (C=O) groups is 1. The number of hydrogen-bond acceptors (Lipinski definition) is 9. The van der Waals surface area contributed by atoms with Crippen LogP contribution in [0.5, 0.6) is 11.5 Å². The Morgan fingerprint density at radius 1 is 1.19 bits per heavy atom. The highest BCUT2D eigenvalue weighted by molar-refractivity contribution is 7.80. The molecule has 0 unspecified atom stereocenters. The van der Waals surface area contributed by atoms with Crippen LogP contribution in [0, 0.1) is 0 Å². The number of carbonyl (C=O) groups excluding carboxylic acids is 1. The van der Waals surface area contributed by atoms with Gasteiger partial charge >= 0.3 is 0 Å². The van der Waals surface area contributed by atoms with Gasteiger partial charge in [-0.3, -0.25) is 14.2 Å². The number of methoxy groups -OCH3 is 2. The van der Waals surface area contributed by atoms with Crippen LogP contribution in [0.4, 0.5) is 5.95 Å². The second-order valence-corrected chi connectivity index (χ2v) is 9.32. The molecule has 192 valence electrons. The predicted molar refractivity (Wildman–Crippen MR) is 142 cm³/mol. The third kappa shape index (κ3) is 5.06. The smallest absolute Gasteiger partial charge is 0.259 e. The van der Waals surface area contributed by atoms with Gasteiger partial charge in [0.1, 0.15) is 17.1 Å². The fourth-order valence-electron chi connectivity index (χ4n) is 4.00. The summed E-state index contributed by atoms with van der Waals surface area (Å²) in [5, 5.41) is 7.09. The summed E-state index contributed by atoms with van der Waals surface area (Å²) in [6.45, 7) is 0.747. The molecule has 2 aromatic heterocycles. The van der Waals surface area contributed by atoms with Crippen molar-refractivity contribution in [1.82, 2.24) is 19.9 Å². The van der Waals surface area contributed by atoms with Crippen LogP contribution in [-0.2, 0) is 16.6 Å². The third-order valence-corrected chi connectivity index (χ3v) is 6.85. The number of hydrogen-bond donors (Lipinski definition) is 3.